The lowest BCUT2D eigenvalue weighted by Crippen LogP contribution is -2.57. The lowest BCUT2D eigenvalue weighted by molar-refractivity contribution is 0.0692. The summed E-state index contributed by atoms with van der Waals surface area (Å²) in [6.45, 7) is 0. The SMILES string of the molecule is CO[Si](OC)(OC)c1cccc(C(=O)O)c1C(N)=O. The molecule has 0 spiro atoms. The predicted octanol–water partition coefficient (Wildman–Crippen LogP) is -0.431. The molecule has 0 saturated carbocycles. The molecular weight excluding hydrogens is 270 g/mol. The first-order valence-electron chi connectivity index (χ1n) is 5.25. The van der Waals surface area contributed by atoms with Crippen molar-refractivity contribution in [3.8, 4) is 0 Å². The second-order valence-corrected chi connectivity index (χ2v) is 6.44. The van der Waals surface area contributed by atoms with E-state index in [2.05, 4.69) is 0 Å². The maximum Gasteiger partial charge on any atom is 0.537 e. The number of aromatic carboxylic acids is 1. The molecule has 0 aliphatic rings. The van der Waals surface area contributed by atoms with Gasteiger partial charge in [0, 0.05) is 26.5 Å². The summed E-state index contributed by atoms with van der Waals surface area (Å²) in [6, 6.07) is 4.27. The second kappa shape index (κ2) is 5.93. The summed E-state index contributed by atoms with van der Waals surface area (Å²) in [5, 5.41) is 9.34. The maximum atomic E-state index is 11.6. The number of amides is 1. The number of carboxylic acid groups (broad SMARTS) is 1. The highest BCUT2D eigenvalue weighted by Crippen LogP contribution is 2.14. The van der Waals surface area contributed by atoms with Crippen molar-refractivity contribution in [2.75, 3.05) is 21.3 Å². The Hall–Kier alpha value is -1.74. The summed E-state index contributed by atoms with van der Waals surface area (Å²) in [4.78, 5) is 22.7. The Labute approximate surface area is 111 Å². The molecule has 0 saturated heterocycles. The van der Waals surface area contributed by atoms with E-state index >= 15 is 0 Å². The van der Waals surface area contributed by atoms with Gasteiger partial charge in [-0.1, -0.05) is 12.1 Å². The number of nitrogens with two attached hydrogens (primary N) is 1. The van der Waals surface area contributed by atoms with E-state index in [1.54, 1.807) is 0 Å². The molecule has 0 aromatic heterocycles. The molecule has 19 heavy (non-hydrogen) atoms. The van der Waals surface area contributed by atoms with Crippen LogP contribution in [-0.2, 0) is 13.3 Å². The minimum Gasteiger partial charge on any atom is -0.478 e. The van der Waals surface area contributed by atoms with Crippen molar-refractivity contribution in [1.29, 1.82) is 0 Å². The lowest BCUT2D eigenvalue weighted by Gasteiger charge is -2.26. The Morgan fingerprint density at radius 1 is 1.16 bits per heavy atom. The van der Waals surface area contributed by atoms with Crippen LogP contribution >= 0.6 is 0 Å². The van der Waals surface area contributed by atoms with Crippen LogP contribution < -0.4 is 10.9 Å². The monoisotopic (exact) mass is 285 g/mol. The number of carbonyl (C=O) groups is 2. The average molecular weight is 285 g/mol. The molecule has 0 atom stereocenters. The fraction of sp³-hybridized carbons (Fsp3) is 0.273. The van der Waals surface area contributed by atoms with Crippen LogP contribution in [0.1, 0.15) is 20.7 Å². The van der Waals surface area contributed by atoms with Gasteiger partial charge < -0.3 is 24.1 Å². The highest BCUT2D eigenvalue weighted by atomic mass is 28.4. The van der Waals surface area contributed by atoms with Crippen LogP contribution in [0.15, 0.2) is 18.2 Å². The normalized spacial score (nSPS) is 11.3. The molecule has 1 aromatic carbocycles. The first-order chi connectivity index (χ1) is 8.93. The molecule has 1 rings (SSSR count). The van der Waals surface area contributed by atoms with E-state index in [0.717, 1.165) is 0 Å². The summed E-state index contributed by atoms with van der Waals surface area (Å²) in [7, 11) is 0.733. The molecule has 0 radical (unpaired) electrons. The zero-order valence-electron chi connectivity index (χ0n) is 10.8. The van der Waals surface area contributed by atoms with E-state index in [1.807, 2.05) is 0 Å². The molecule has 0 heterocycles. The van der Waals surface area contributed by atoms with Gasteiger partial charge in [0.05, 0.1) is 11.1 Å². The quantitative estimate of drug-likeness (QED) is 0.687. The number of carbonyl (C=O) groups excluding carboxylic acids is 1. The van der Waals surface area contributed by atoms with Crippen molar-refractivity contribution in [3.63, 3.8) is 0 Å². The molecule has 8 heteroatoms. The van der Waals surface area contributed by atoms with E-state index in [0.29, 0.717) is 0 Å². The number of benzene rings is 1. The van der Waals surface area contributed by atoms with Gasteiger partial charge in [0.25, 0.3) is 0 Å². The Kier molecular flexibility index (Phi) is 4.78. The molecule has 0 aliphatic heterocycles. The third-order valence-corrected chi connectivity index (χ3v) is 5.37. The Bertz CT molecular complexity index is 492. The van der Waals surface area contributed by atoms with Gasteiger partial charge in [-0.2, -0.15) is 0 Å². The summed E-state index contributed by atoms with van der Waals surface area (Å²) < 4.78 is 15.7. The van der Waals surface area contributed by atoms with Gasteiger partial charge in [-0.25, -0.2) is 4.79 Å². The third kappa shape index (κ3) is 2.66. The van der Waals surface area contributed by atoms with Crippen LogP contribution in [0.2, 0.25) is 0 Å². The van der Waals surface area contributed by atoms with E-state index in [-0.39, 0.29) is 16.3 Å². The molecule has 104 valence electrons. The van der Waals surface area contributed by atoms with Crippen molar-refractivity contribution in [3.05, 3.63) is 29.3 Å². The van der Waals surface area contributed by atoms with E-state index in [9.17, 15) is 9.59 Å². The zero-order valence-corrected chi connectivity index (χ0v) is 11.8. The predicted molar refractivity (Wildman–Crippen MR) is 68.3 cm³/mol. The van der Waals surface area contributed by atoms with Gasteiger partial charge in [0.1, 0.15) is 0 Å². The molecule has 0 fully saturated rings. The average Bonchev–Trinajstić information content (AvgIpc) is 2.40. The van der Waals surface area contributed by atoms with Crippen LogP contribution in [0.4, 0.5) is 0 Å². The van der Waals surface area contributed by atoms with E-state index in [1.165, 1.54) is 39.5 Å². The van der Waals surface area contributed by atoms with Crippen LogP contribution in [0.5, 0.6) is 0 Å². The molecular formula is C11H15NO6Si. The van der Waals surface area contributed by atoms with Gasteiger partial charge >= 0.3 is 14.8 Å². The molecule has 1 aromatic rings. The number of hydrogen-bond donors (Lipinski definition) is 2. The Balaban J connectivity index is 3.64. The highest BCUT2D eigenvalue weighted by molar-refractivity contribution is 6.76. The van der Waals surface area contributed by atoms with Crippen LogP contribution in [-0.4, -0.2) is 47.1 Å². The molecule has 0 unspecified atom stereocenters. The minimum absolute atomic E-state index is 0.160. The summed E-state index contributed by atoms with van der Waals surface area (Å²) in [5.74, 6) is -2.14. The van der Waals surface area contributed by atoms with Gasteiger partial charge in [-0.3, -0.25) is 4.79 Å². The Morgan fingerprint density at radius 3 is 2.05 bits per heavy atom. The molecule has 7 nitrogen and oxygen atoms in total. The molecule has 0 aliphatic carbocycles. The number of rotatable bonds is 6. The van der Waals surface area contributed by atoms with Gasteiger partial charge in [0.15, 0.2) is 0 Å². The standard InChI is InChI=1S/C11H15NO6Si/c1-16-19(17-2,18-3)8-6-4-5-7(11(14)15)9(8)10(12)13/h4-6H,1-3H3,(H2,12,13)(H,14,15). The fourth-order valence-corrected chi connectivity index (χ4v) is 3.86. The first kappa shape index (κ1) is 15.3. The van der Waals surface area contributed by atoms with Gasteiger partial charge in [0.2, 0.25) is 5.91 Å². The smallest absolute Gasteiger partial charge is 0.478 e. The van der Waals surface area contributed by atoms with Gasteiger partial charge in [-0.15, -0.1) is 0 Å². The minimum atomic E-state index is -3.34. The third-order valence-electron chi connectivity index (χ3n) is 2.68. The first-order valence-corrected chi connectivity index (χ1v) is 6.98. The fourth-order valence-electron chi connectivity index (χ4n) is 1.83. The van der Waals surface area contributed by atoms with Crippen molar-refractivity contribution in [2.45, 2.75) is 0 Å². The highest BCUT2D eigenvalue weighted by Gasteiger charge is 2.44. The Morgan fingerprint density at radius 2 is 1.68 bits per heavy atom. The number of primary amides is 1. The largest absolute Gasteiger partial charge is 0.537 e. The van der Waals surface area contributed by atoms with Crippen LogP contribution in [0.3, 0.4) is 0 Å². The lowest BCUT2D eigenvalue weighted by atomic mass is 10.1. The number of hydrogen-bond acceptors (Lipinski definition) is 5. The summed E-state index contributed by atoms with van der Waals surface area (Å²) >= 11 is 0. The van der Waals surface area contributed by atoms with Gasteiger partial charge in [-0.05, 0) is 6.07 Å². The topological polar surface area (TPSA) is 108 Å². The summed E-state index contributed by atoms with van der Waals surface area (Å²) in [6.07, 6.45) is 0. The second-order valence-electron chi connectivity index (χ2n) is 3.57. The van der Waals surface area contributed by atoms with E-state index < -0.39 is 20.7 Å². The molecule has 0 bridgehead atoms. The molecule has 1 amide bonds. The molecule has 3 N–H and O–H groups in total. The van der Waals surface area contributed by atoms with Crippen molar-refractivity contribution >= 4 is 25.9 Å². The van der Waals surface area contributed by atoms with Crippen LogP contribution in [0, 0.1) is 0 Å². The van der Waals surface area contributed by atoms with Crippen molar-refractivity contribution < 1.29 is 28.0 Å². The van der Waals surface area contributed by atoms with Crippen molar-refractivity contribution in [1.82, 2.24) is 0 Å². The summed E-state index contributed by atoms with van der Waals surface area (Å²) in [5.41, 5.74) is 4.89. The van der Waals surface area contributed by atoms with E-state index in [4.69, 9.17) is 24.1 Å². The number of carboxylic acids is 1. The zero-order chi connectivity index (χ0) is 14.6. The maximum absolute atomic E-state index is 11.6. The van der Waals surface area contributed by atoms with Crippen LogP contribution in [0.25, 0.3) is 0 Å². The van der Waals surface area contributed by atoms with Crippen molar-refractivity contribution in [2.24, 2.45) is 5.73 Å².